The van der Waals surface area contributed by atoms with E-state index in [1.807, 2.05) is 42.2 Å². The van der Waals surface area contributed by atoms with Crippen LogP contribution in [0.4, 0.5) is 15.8 Å². The Hall–Kier alpha value is -4.01. The molecule has 1 N–H and O–H groups in total. The molecule has 224 valence electrons. The quantitative estimate of drug-likeness (QED) is 0.396. The summed E-state index contributed by atoms with van der Waals surface area (Å²) >= 11 is 0. The number of rotatable bonds is 8. The highest BCUT2D eigenvalue weighted by atomic mass is 19.1. The summed E-state index contributed by atoms with van der Waals surface area (Å²) < 4.78 is 26.6. The maximum absolute atomic E-state index is 15.0. The molecule has 2 saturated heterocycles. The first-order chi connectivity index (χ1) is 20.3. The number of anilines is 2. The van der Waals surface area contributed by atoms with Crippen LogP contribution in [0.5, 0.6) is 5.75 Å². The minimum atomic E-state index is -0.554. The number of furan rings is 1. The van der Waals surface area contributed by atoms with Crippen molar-refractivity contribution >= 4 is 23.2 Å². The lowest BCUT2D eigenvalue weighted by atomic mass is 10.00. The molecule has 1 atom stereocenters. The number of nitrogens with zero attached hydrogens (tertiary/aromatic N) is 3. The van der Waals surface area contributed by atoms with Crippen LogP contribution in [0.25, 0.3) is 0 Å². The van der Waals surface area contributed by atoms with E-state index in [0.29, 0.717) is 37.5 Å². The maximum Gasteiger partial charge on any atom is 0.225 e. The largest absolute Gasteiger partial charge is 0.497 e. The van der Waals surface area contributed by atoms with Crippen molar-refractivity contribution in [1.29, 1.82) is 0 Å². The Morgan fingerprint density at radius 3 is 2.31 bits per heavy atom. The van der Waals surface area contributed by atoms with Crippen LogP contribution in [-0.2, 0) is 16.0 Å². The molecule has 2 fully saturated rings. The average molecular weight is 577 g/mol. The fourth-order valence-corrected chi connectivity index (χ4v) is 5.95. The summed E-state index contributed by atoms with van der Waals surface area (Å²) in [6.07, 6.45) is 4.49. The minimum Gasteiger partial charge on any atom is -0.497 e. The van der Waals surface area contributed by atoms with E-state index in [9.17, 15) is 14.0 Å². The summed E-state index contributed by atoms with van der Waals surface area (Å²) in [6, 6.07) is 14.1. The standard InChI is InChI=1S/C33H41FN4O4/c1-23-8-13-31(42-23)33(28-11-10-27(41-3)22-30(28)38-14-6-4-5-7-15-38)35-32(40)21-25-20-26(9-12-29(25)34)37-18-16-36(17-19-37)24(2)39/h8-13,20,22,33H,4-7,14-19,21H2,1-3H3,(H,35,40). The van der Waals surface area contributed by atoms with Gasteiger partial charge in [-0.15, -0.1) is 0 Å². The van der Waals surface area contributed by atoms with Crippen molar-refractivity contribution in [3.8, 4) is 5.75 Å². The van der Waals surface area contributed by atoms with Gasteiger partial charge in [-0.1, -0.05) is 18.9 Å². The van der Waals surface area contributed by atoms with Crippen LogP contribution in [-0.4, -0.2) is 63.1 Å². The fourth-order valence-electron chi connectivity index (χ4n) is 5.95. The van der Waals surface area contributed by atoms with Gasteiger partial charge in [-0.25, -0.2) is 4.39 Å². The van der Waals surface area contributed by atoms with Crippen molar-refractivity contribution < 1.29 is 23.1 Å². The first-order valence-electron chi connectivity index (χ1n) is 14.9. The number of hydrogen-bond acceptors (Lipinski definition) is 6. The lowest BCUT2D eigenvalue weighted by molar-refractivity contribution is -0.129. The van der Waals surface area contributed by atoms with Crippen molar-refractivity contribution in [2.24, 2.45) is 0 Å². The summed E-state index contributed by atoms with van der Waals surface area (Å²) in [5.74, 6) is 1.46. The molecule has 0 spiro atoms. The Bertz CT molecular complexity index is 1390. The molecule has 2 amide bonds. The third-order valence-electron chi connectivity index (χ3n) is 8.32. The van der Waals surface area contributed by atoms with Gasteiger partial charge in [0.25, 0.3) is 0 Å². The molecular weight excluding hydrogens is 535 g/mol. The Morgan fingerprint density at radius 2 is 1.67 bits per heavy atom. The van der Waals surface area contributed by atoms with E-state index in [1.54, 1.807) is 26.2 Å². The second-order valence-corrected chi connectivity index (χ2v) is 11.2. The van der Waals surface area contributed by atoms with Crippen LogP contribution in [0.15, 0.2) is 52.9 Å². The third-order valence-corrected chi connectivity index (χ3v) is 8.32. The van der Waals surface area contributed by atoms with E-state index in [4.69, 9.17) is 9.15 Å². The molecule has 0 bridgehead atoms. The van der Waals surface area contributed by atoms with Crippen LogP contribution >= 0.6 is 0 Å². The molecule has 9 heteroatoms. The summed E-state index contributed by atoms with van der Waals surface area (Å²) in [4.78, 5) is 31.6. The third kappa shape index (κ3) is 6.89. The van der Waals surface area contributed by atoms with E-state index < -0.39 is 11.9 Å². The van der Waals surface area contributed by atoms with Crippen molar-refractivity contribution in [1.82, 2.24) is 10.2 Å². The Balaban J connectivity index is 1.40. The molecule has 0 radical (unpaired) electrons. The van der Waals surface area contributed by atoms with Crippen LogP contribution in [0.1, 0.15) is 61.3 Å². The van der Waals surface area contributed by atoms with Gasteiger partial charge in [-0.3, -0.25) is 9.59 Å². The number of piperazine rings is 1. The first-order valence-corrected chi connectivity index (χ1v) is 14.9. The number of carbonyl (C=O) groups excluding carboxylic acids is 2. The SMILES string of the molecule is COc1ccc(C(NC(=O)Cc2cc(N3CCN(C(C)=O)CC3)ccc2F)c2ccc(C)o2)c(N2CCCCCC2)c1. The first kappa shape index (κ1) is 29.5. The molecule has 0 saturated carbocycles. The number of hydrogen-bond donors (Lipinski definition) is 1. The van der Waals surface area contributed by atoms with E-state index in [-0.39, 0.29) is 18.2 Å². The molecule has 3 heterocycles. The highest BCUT2D eigenvalue weighted by Gasteiger charge is 2.27. The summed E-state index contributed by atoms with van der Waals surface area (Å²) in [7, 11) is 1.66. The minimum absolute atomic E-state index is 0.0586. The van der Waals surface area contributed by atoms with Gasteiger partial charge in [0.05, 0.1) is 13.5 Å². The molecule has 3 aromatic rings. The molecule has 0 aliphatic carbocycles. The lowest BCUT2D eigenvalue weighted by Gasteiger charge is -2.35. The Kier molecular flexibility index (Phi) is 9.35. The number of methoxy groups -OCH3 is 1. The number of ether oxygens (including phenoxy) is 1. The number of amides is 2. The molecule has 2 aliphatic rings. The van der Waals surface area contributed by atoms with Gasteiger partial charge in [-0.2, -0.15) is 0 Å². The number of benzene rings is 2. The van der Waals surface area contributed by atoms with Gasteiger partial charge < -0.3 is 29.2 Å². The highest BCUT2D eigenvalue weighted by molar-refractivity contribution is 5.80. The predicted molar refractivity (Wildman–Crippen MR) is 162 cm³/mol. The van der Waals surface area contributed by atoms with E-state index >= 15 is 0 Å². The summed E-state index contributed by atoms with van der Waals surface area (Å²) in [6.45, 7) is 7.87. The number of halogens is 1. The van der Waals surface area contributed by atoms with Crippen LogP contribution < -0.4 is 19.9 Å². The van der Waals surface area contributed by atoms with Crippen molar-refractivity contribution in [2.75, 3.05) is 56.2 Å². The van der Waals surface area contributed by atoms with E-state index in [2.05, 4.69) is 15.1 Å². The molecule has 5 rings (SSSR count). The second kappa shape index (κ2) is 13.3. The van der Waals surface area contributed by atoms with Gasteiger partial charge in [-0.05, 0) is 61.7 Å². The predicted octanol–water partition coefficient (Wildman–Crippen LogP) is 5.23. The normalized spacial score (nSPS) is 16.6. The monoisotopic (exact) mass is 576 g/mol. The Morgan fingerprint density at radius 1 is 0.929 bits per heavy atom. The molecule has 8 nitrogen and oxygen atoms in total. The van der Waals surface area contributed by atoms with E-state index in [0.717, 1.165) is 54.4 Å². The maximum atomic E-state index is 15.0. The number of nitrogens with one attached hydrogen (secondary N) is 1. The van der Waals surface area contributed by atoms with Gasteiger partial charge in [0.15, 0.2) is 0 Å². The van der Waals surface area contributed by atoms with Gasteiger partial charge >= 0.3 is 0 Å². The van der Waals surface area contributed by atoms with Gasteiger partial charge in [0.2, 0.25) is 11.8 Å². The summed E-state index contributed by atoms with van der Waals surface area (Å²) in [5, 5.41) is 3.16. The zero-order valence-corrected chi connectivity index (χ0v) is 24.8. The van der Waals surface area contributed by atoms with Crippen molar-refractivity contribution in [2.45, 2.75) is 52.0 Å². The Labute approximate surface area is 247 Å². The van der Waals surface area contributed by atoms with Crippen molar-refractivity contribution in [3.63, 3.8) is 0 Å². The van der Waals surface area contributed by atoms with Crippen LogP contribution in [0.3, 0.4) is 0 Å². The van der Waals surface area contributed by atoms with E-state index in [1.165, 1.54) is 18.9 Å². The van der Waals surface area contributed by atoms with Crippen LogP contribution in [0, 0.1) is 12.7 Å². The number of carbonyl (C=O) groups is 2. The molecule has 2 aliphatic heterocycles. The molecule has 1 unspecified atom stereocenters. The van der Waals surface area contributed by atoms with Crippen molar-refractivity contribution in [3.05, 3.63) is 77.0 Å². The topological polar surface area (TPSA) is 78.3 Å². The second-order valence-electron chi connectivity index (χ2n) is 11.2. The van der Waals surface area contributed by atoms with Crippen LogP contribution in [0.2, 0.25) is 0 Å². The lowest BCUT2D eigenvalue weighted by Crippen LogP contribution is -2.48. The molecule has 2 aromatic carbocycles. The molecule has 1 aromatic heterocycles. The zero-order valence-electron chi connectivity index (χ0n) is 24.8. The highest BCUT2D eigenvalue weighted by Crippen LogP contribution is 2.36. The number of aryl methyl sites for hydroxylation is 1. The molecule has 42 heavy (non-hydrogen) atoms. The smallest absolute Gasteiger partial charge is 0.225 e. The fraction of sp³-hybridized carbons (Fsp3) is 0.455. The van der Waals surface area contributed by atoms with Gasteiger partial charge in [0, 0.05) is 69.2 Å². The van der Waals surface area contributed by atoms with Gasteiger partial charge in [0.1, 0.15) is 29.1 Å². The zero-order chi connectivity index (χ0) is 29.6. The molecular formula is C33H41FN4O4. The summed E-state index contributed by atoms with van der Waals surface area (Å²) in [5.41, 5.74) is 3.10. The average Bonchev–Trinajstić information content (AvgIpc) is 3.24.